The molecule has 1 amide bonds. The Hall–Kier alpha value is -1.83. The van der Waals surface area contributed by atoms with Crippen molar-refractivity contribution in [3.63, 3.8) is 0 Å². The number of aryl methyl sites for hydroxylation is 2. The van der Waals surface area contributed by atoms with E-state index in [1.165, 1.54) is 0 Å². The summed E-state index contributed by atoms with van der Waals surface area (Å²) in [6, 6.07) is 2.34. The molecule has 108 valence electrons. The molecule has 1 aliphatic carbocycles. The second kappa shape index (κ2) is 5.66. The summed E-state index contributed by atoms with van der Waals surface area (Å²) < 4.78 is 1.70. The van der Waals surface area contributed by atoms with Crippen molar-refractivity contribution < 1.29 is 4.79 Å². The Morgan fingerprint density at radius 3 is 2.35 bits per heavy atom. The minimum absolute atomic E-state index is 0.170. The molecule has 0 spiro atoms. The number of amides is 1. The highest BCUT2D eigenvalue weighted by Gasteiger charge is 2.34. The first-order valence-corrected chi connectivity index (χ1v) is 7.23. The smallest absolute Gasteiger partial charge is 0.256 e. The van der Waals surface area contributed by atoms with Crippen LogP contribution in [0.3, 0.4) is 0 Å². The molecule has 0 aromatic carbocycles. The summed E-state index contributed by atoms with van der Waals surface area (Å²) >= 11 is 0. The van der Waals surface area contributed by atoms with Crippen molar-refractivity contribution >= 4 is 5.91 Å². The van der Waals surface area contributed by atoms with Gasteiger partial charge in [-0.05, 0) is 26.7 Å². The molecule has 0 atom stereocenters. The Morgan fingerprint density at radius 1 is 1.30 bits per heavy atom. The Balaban J connectivity index is 2.23. The van der Waals surface area contributed by atoms with Gasteiger partial charge in [0.05, 0.1) is 17.3 Å². The summed E-state index contributed by atoms with van der Waals surface area (Å²) in [5.41, 5.74) is 1.44. The quantitative estimate of drug-likeness (QED) is 0.842. The van der Waals surface area contributed by atoms with Crippen LogP contribution in [0.15, 0.2) is 0 Å². The fraction of sp³-hybridized carbons (Fsp3) is 0.667. The number of nitrogens with zero attached hydrogens (tertiary/aromatic N) is 3. The third kappa shape index (κ3) is 2.69. The third-order valence-corrected chi connectivity index (χ3v) is 4.26. The molecular weight excluding hydrogens is 252 g/mol. The first kappa shape index (κ1) is 14.6. The number of rotatable bonds is 2. The Bertz CT molecular complexity index is 545. The molecule has 0 aliphatic heterocycles. The van der Waals surface area contributed by atoms with Gasteiger partial charge in [0.15, 0.2) is 0 Å². The van der Waals surface area contributed by atoms with E-state index in [0.29, 0.717) is 11.3 Å². The Morgan fingerprint density at radius 2 is 1.90 bits per heavy atom. The van der Waals surface area contributed by atoms with E-state index in [-0.39, 0.29) is 5.91 Å². The van der Waals surface area contributed by atoms with Gasteiger partial charge in [-0.25, -0.2) is 0 Å². The average molecular weight is 274 g/mol. The molecule has 1 saturated carbocycles. The number of hydrogen-bond acceptors (Lipinski definition) is 3. The van der Waals surface area contributed by atoms with E-state index >= 15 is 0 Å². The minimum Gasteiger partial charge on any atom is -0.334 e. The number of carbonyl (C=O) groups excluding carboxylic acids is 1. The molecule has 1 heterocycles. The van der Waals surface area contributed by atoms with Gasteiger partial charge in [0.25, 0.3) is 5.91 Å². The SMILES string of the molecule is Cc1nn(C)c(C)c1C(=O)NC1(C#N)CCCCCC1. The van der Waals surface area contributed by atoms with Gasteiger partial charge in [0.1, 0.15) is 5.54 Å². The molecule has 1 aliphatic rings. The van der Waals surface area contributed by atoms with Crippen molar-refractivity contribution in [2.24, 2.45) is 7.05 Å². The molecule has 0 unspecified atom stereocenters. The summed E-state index contributed by atoms with van der Waals surface area (Å²) in [5.74, 6) is -0.170. The molecule has 0 saturated heterocycles. The van der Waals surface area contributed by atoms with E-state index < -0.39 is 5.54 Å². The topological polar surface area (TPSA) is 70.7 Å². The second-order valence-corrected chi connectivity index (χ2v) is 5.73. The highest BCUT2D eigenvalue weighted by atomic mass is 16.1. The number of aromatic nitrogens is 2. The van der Waals surface area contributed by atoms with E-state index in [1.54, 1.807) is 4.68 Å². The zero-order valence-corrected chi connectivity index (χ0v) is 12.5. The molecular formula is C15H22N4O. The molecule has 5 nitrogen and oxygen atoms in total. The molecule has 0 bridgehead atoms. The van der Waals surface area contributed by atoms with Gasteiger partial charge >= 0.3 is 0 Å². The number of carbonyl (C=O) groups is 1. The standard InChI is InChI=1S/C15H22N4O/c1-11-13(12(2)19(3)18-11)14(20)17-15(10-16)8-6-4-5-7-9-15/h4-9H2,1-3H3,(H,17,20). The first-order valence-electron chi connectivity index (χ1n) is 7.23. The number of hydrogen-bond donors (Lipinski definition) is 1. The zero-order valence-electron chi connectivity index (χ0n) is 12.5. The molecule has 20 heavy (non-hydrogen) atoms. The van der Waals surface area contributed by atoms with Crippen molar-refractivity contribution in [2.45, 2.75) is 57.9 Å². The first-order chi connectivity index (χ1) is 9.49. The monoisotopic (exact) mass is 274 g/mol. The van der Waals surface area contributed by atoms with Crippen LogP contribution in [0.1, 0.15) is 60.3 Å². The van der Waals surface area contributed by atoms with Crippen molar-refractivity contribution in [3.8, 4) is 6.07 Å². The van der Waals surface area contributed by atoms with E-state index in [4.69, 9.17) is 0 Å². The van der Waals surface area contributed by atoms with E-state index in [1.807, 2.05) is 20.9 Å². The predicted molar refractivity (Wildman–Crippen MR) is 76.2 cm³/mol. The summed E-state index contributed by atoms with van der Waals surface area (Å²) in [7, 11) is 1.82. The maximum absolute atomic E-state index is 12.5. The molecule has 2 rings (SSSR count). The minimum atomic E-state index is -0.706. The predicted octanol–water partition coefficient (Wildman–Crippen LogP) is 2.38. The van der Waals surface area contributed by atoms with Gasteiger partial charge in [-0.1, -0.05) is 25.7 Å². The molecule has 5 heteroatoms. The van der Waals surface area contributed by atoms with Crippen LogP contribution < -0.4 is 5.32 Å². The van der Waals surface area contributed by atoms with Crippen molar-refractivity contribution in [1.82, 2.24) is 15.1 Å². The fourth-order valence-electron chi connectivity index (χ4n) is 2.98. The van der Waals surface area contributed by atoms with Gasteiger partial charge in [0, 0.05) is 12.7 Å². The molecule has 1 N–H and O–H groups in total. The van der Waals surface area contributed by atoms with Gasteiger partial charge in [-0.3, -0.25) is 9.48 Å². The van der Waals surface area contributed by atoms with E-state index in [2.05, 4.69) is 16.5 Å². The maximum Gasteiger partial charge on any atom is 0.256 e. The van der Waals surface area contributed by atoms with Gasteiger partial charge in [-0.15, -0.1) is 0 Å². The van der Waals surface area contributed by atoms with Crippen LogP contribution in [-0.2, 0) is 7.05 Å². The van der Waals surface area contributed by atoms with Crippen molar-refractivity contribution in [3.05, 3.63) is 17.0 Å². The second-order valence-electron chi connectivity index (χ2n) is 5.73. The largest absolute Gasteiger partial charge is 0.334 e. The van der Waals surface area contributed by atoms with Gasteiger partial charge in [0.2, 0.25) is 0 Å². The normalized spacial score (nSPS) is 18.1. The lowest BCUT2D eigenvalue weighted by molar-refractivity contribution is 0.0911. The third-order valence-electron chi connectivity index (χ3n) is 4.26. The van der Waals surface area contributed by atoms with E-state index in [9.17, 15) is 10.1 Å². The Labute approximate surface area is 120 Å². The summed E-state index contributed by atoms with van der Waals surface area (Å²) in [4.78, 5) is 12.5. The summed E-state index contributed by atoms with van der Waals surface area (Å²) in [5, 5.41) is 16.8. The summed E-state index contributed by atoms with van der Waals surface area (Å²) in [6.45, 7) is 3.70. The average Bonchev–Trinajstić information content (AvgIpc) is 2.59. The molecule has 0 radical (unpaired) electrons. The zero-order chi connectivity index (χ0) is 14.8. The lowest BCUT2D eigenvalue weighted by Gasteiger charge is -2.26. The van der Waals surface area contributed by atoms with Crippen LogP contribution in [0.4, 0.5) is 0 Å². The van der Waals surface area contributed by atoms with Gasteiger partial charge in [-0.2, -0.15) is 10.4 Å². The number of nitrogens with one attached hydrogen (secondary N) is 1. The lowest BCUT2D eigenvalue weighted by Crippen LogP contribution is -2.47. The Kier molecular flexibility index (Phi) is 4.12. The van der Waals surface area contributed by atoms with Crippen LogP contribution in [0.5, 0.6) is 0 Å². The molecule has 1 fully saturated rings. The van der Waals surface area contributed by atoms with Crippen molar-refractivity contribution in [2.75, 3.05) is 0 Å². The lowest BCUT2D eigenvalue weighted by atomic mass is 9.91. The van der Waals surface area contributed by atoms with Crippen LogP contribution in [0.25, 0.3) is 0 Å². The molecule has 1 aromatic rings. The van der Waals surface area contributed by atoms with Crippen LogP contribution >= 0.6 is 0 Å². The van der Waals surface area contributed by atoms with Crippen molar-refractivity contribution in [1.29, 1.82) is 5.26 Å². The van der Waals surface area contributed by atoms with Crippen LogP contribution in [0.2, 0.25) is 0 Å². The van der Waals surface area contributed by atoms with Gasteiger partial charge < -0.3 is 5.32 Å². The highest BCUT2D eigenvalue weighted by molar-refractivity contribution is 5.97. The maximum atomic E-state index is 12.5. The number of nitriles is 1. The summed E-state index contributed by atoms with van der Waals surface area (Å²) in [6.07, 6.45) is 5.77. The van der Waals surface area contributed by atoms with Crippen LogP contribution in [0, 0.1) is 25.2 Å². The molecule has 1 aromatic heterocycles. The van der Waals surface area contributed by atoms with E-state index in [0.717, 1.165) is 44.2 Å². The fourth-order valence-corrected chi connectivity index (χ4v) is 2.98. The highest BCUT2D eigenvalue weighted by Crippen LogP contribution is 2.27. The van der Waals surface area contributed by atoms with Crippen LogP contribution in [-0.4, -0.2) is 21.2 Å².